The van der Waals surface area contributed by atoms with E-state index in [1.165, 1.54) is 11.1 Å². The van der Waals surface area contributed by atoms with Crippen LogP contribution in [-0.4, -0.2) is 60.8 Å². The lowest BCUT2D eigenvalue weighted by atomic mass is 9.85. The smallest absolute Gasteiger partial charge is 0.410 e. The van der Waals surface area contributed by atoms with Gasteiger partial charge in [-0.3, -0.25) is 4.99 Å². The Balaban J connectivity index is 1.96. The quantitative estimate of drug-likeness (QED) is 0.184. The first-order valence-electron chi connectivity index (χ1n) is 16.5. The molecule has 46 heavy (non-hydrogen) atoms. The van der Waals surface area contributed by atoms with E-state index in [0.29, 0.717) is 31.0 Å². The van der Waals surface area contributed by atoms with Gasteiger partial charge < -0.3 is 25.0 Å². The SMILES string of the molecule is C=C1C=C(C(/C=C/NC=NC)NC(=O)OC(C)(C)CC)c2cc(Cl)ccc2C(=C2CCN(C(=O)OC(CC)(CC)C(C)C)CC2)C1. The van der Waals surface area contributed by atoms with Gasteiger partial charge in [-0.25, -0.2) is 9.59 Å². The maximum Gasteiger partial charge on any atom is 0.410 e. The van der Waals surface area contributed by atoms with Gasteiger partial charge in [-0.05, 0) is 98.8 Å². The Hall–Kier alpha value is -3.52. The third-order valence-corrected chi connectivity index (χ3v) is 9.63. The number of ether oxygens (including phenoxy) is 2. The number of alkyl carbamates (subject to hydrolysis) is 1. The highest BCUT2D eigenvalue weighted by Crippen LogP contribution is 2.41. The third-order valence-electron chi connectivity index (χ3n) is 9.39. The van der Waals surface area contributed by atoms with Crippen molar-refractivity contribution in [1.82, 2.24) is 15.5 Å². The number of fused-ring (bicyclic) bond motifs is 1. The second-order valence-corrected chi connectivity index (χ2v) is 13.5. The van der Waals surface area contributed by atoms with E-state index >= 15 is 0 Å². The minimum atomic E-state index is -0.615. The molecule has 1 aromatic carbocycles. The molecule has 1 heterocycles. The number of nitrogens with zero attached hydrogens (tertiary/aromatic N) is 2. The maximum absolute atomic E-state index is 13.3. The maximum atomic E-state index is 13.3. The fourth-order valence-electron chi connectivity index (χ4n) is 6.07. The highest BCUT2D eigenvalue weighted by atomic mass is 35.5. The summed E-state index contributed by atoms with van der Waals surface area (Å²) in [7, 11) is 1.68. The van der Waals surface area contributed by atoms with E-state index in [2.05, 4.69) is 49.9 Å². The molecule has 0 aromatic heterocycles. The number of allylic oxidation sites excluding steroid dienone is 3. The van der Waals surface area contributed by atoms with Crippen LogP contribution in [0.4, 0.5) is 9.59 Å². The van der Waals surface area contributed by atoms with Gasteiger partial charge in [0.05, 0.1) is 12.4 Å². The molecule has 8 nitrogen and oxygen atoms in total. The Bertz CT molecular complexity index is 1380. The molecular formula is C37H53ClN4O4. The largest absolute Gasteiger partial charge is 0.444 e. The summed E-state index contributed by atoms with van der Waals surface area (Å²) in [5, 5.41) is 6.65. The van der Waals surface area contributed by atoms with Gasteiger partial charge >= 0.3 is 12.2 Å². The lowest BCUT2D eigenvalue weighted by Crippen LogP contribution is -2.45. The molecule has 0 saturated carbocycles. The van der Waals surface area contributed by atoms with Crippen molar-refractivity contribution < 1.29 is 19.1 Å². The summed E-state index contributed by atoms with van der Waals surface area (Å²) in [5.41, 5.74) is 5.12. The summed E-state index contributed by atoms with van der Waals surface area (Å²) in [4.78, 5) is 32.2. The van der Waals surface area contributed by atoms with Gasteiger partial charge in [0.15, 0.2) is 0 Å². The topological polar surface area (TPSA) is 92.3 Å². The van der Waals surface area contributed by atoms with Crippen LogP contribution in [0.15, 0.2) is 59.3 Å². The van der Waals surface area contributed by atoms with E-state index in [1.54, 1.807) is 19.6 Å². The van der Waals surface area contributed by atoms with Crippen molar-refractivity contribution in [3.05, 3.63) is 70.4 Å². The first-order chi connectivity index (χ1) is 21.8. The second kappa shape index (κ2) is 16.3. The standard InChI is InChI=1S/C37H53ClN4O4/c1-10-36(7,8)45-34(43)41-33(15-18-40-24-39-9)32-22-26(6)21-30(29-14-13-28(38)23-31(29)32)27-16-19-42(20-17-27)35(44)46-37(11-2,12-3)25(4)5/h13-15,18,22-25,33H,6,10-12,16-17,19-21H2,1-5,7-9H3,(H,39,40)(H,41,43)/b18-15+. The molecule has 0 bridgehead atoms. The van der Waals surface area contributed by atoms with Crippen LogP contribution in [0.2, 0.25) is 5.02 Å². The number of piperidine rings is 1. The number of hydrogen-bond acceptors (Lipinski definition) is 5. The molecular weight excluding hydrogens is 600 g/mol. The van der Waals surface area contributed by atoms with Gasteiger partial charge in [0.25, 0.3) is 0 Å². The molecule has 0 spiro atoms. The van der Waals surface area contributed by atoms with E-state index in [-0.39, 0.29) is 12.0 Å². The zero-order chi connectivity index (χ0) is 34.1. The van der Waals surface area contributed by atoms with Crippen LogP contribution >= 0.6 is 11.6 Å². The van der Waals surface area contributed by atoms with E-state index in [0.717, 1.165) is 48.0 Å². The van der Waals surface area contributed by atoms with E-state index in [4.69, 9.17) is 21.1 Å². The normalized spacial score (nSPS) is 16.8. The molecule has 1 unspecified atom stereocenters. The van der Waals surface area contributed by atoms with Crippen molar-refractivity contribution in [2.45, 2.75) is 104 Å². The number of carbonyl (C=O) groups is 2. The Morgan fingerprint density at radius 2 is 1.76 bits per heavy atom. The zero-order valence-electron chi connectivity index (χ0n) is 29.0. The highest BCUT2D eigenvalue weighted by molar-refractivity contribution is 6.30. The Morgan fingerprint density at radius 1 is 1.09 bits per heavy atom. The molecule has 1 aliphatic carbocycles. The van der Waals surface area contributed by atoms with Crippen molar-refractivity contribution in [1.29, 1.82) is 0 Å². The lowest BCUT2D eigenvalue weighted by molar-refractivity contribution is -0.0467. The van der Waals surface area contributed by atoms with Gasteiger partial charge in [0.2, 0.25) is 0 Å². The number of nitrogens with one attached hydrogen (secondary N) is 2. The summed E-state index contributed by atoms with van der Waals surface area (Å²) in [6.07, 6.45) is 10.8. The molecule has 1 aliphatic heterocycles. The monoisotopic (exact) mass is 652 g/mol. The van der Waals surface area contributed by atoms with Crippen molar-refractivity contribution in [3.63, 3.8) is 0 Å². The van der Waals surface area contributed by atoms with Crippen LogP contribution in [0.25, 0.3) is 11.1 Å². The zero-order valence-corrected chi connectivity index (χ0v) is 29.7. The van der Waals surface area contributed by atoms with E-state index in [9.17, 15) is 9.59 Å². The van der Waals surface area contributed by atoms with Gasteiger partial charge in [-0.1, -0.05) is 76.1 Å². The molecule has 2 N–H and O–H groups in total. The second-order valence-electron chi connectivity index (χ2n) is 13.0. The minimum absolute atomic E-state index is 0.233. The summed E-state index contributed by atoms with van der Waals surface area (Å²) in [5.74, 6) is 0.236. The van der Waals surface area contributed by atoms with Gasteiger partial charge in [0.1, 0.15) is 11.2 Å². The average molecular weight is 653 g/mol. The number of likely N-dealkylation sites (tertiary alicyclic amines) is 1. The fraction of sp³-hybridized carbons (Fsp3) is 0.541. The number of halogens is 1. The summed E-state index contributed by atoms with van der Waals surface area (Å²) >= 11 is 6.60. The summed E-state index contributed by atoms with van der Waals surface area (Å²) in [6, 6.07) is 5.34. The molecule has 0 radical (unpaired) electrons. The number of rotatable bonds is 11. The molecule has 1 aromatic rings. The van der Waals surface area contributed by atoms with Crippen molar-refractivity contribution in [2.75, 3.05) is 20.1 Å². The van der Waals surface area contributed by atoms with Crippen molar-refractivity contribution >= 4 is 41.3 Å². The first kappa shape index (κ1) is 36.9. The van der Waals surface area contributed by atoms with Gasteiger partial charge in [0, 0.05) is 31.4 Å². The summed E-state index contributed by atoms with van der Waals surface area (Å²) in [6.45, 7) is 19.7. The fourth-order valence-corrected chi connectivity index (χ4v) is 6.24. The number of aliphatic imine (C=N–C) groups is 1. The molecule has 2 aliphatic rings. The van der Waals surface area contributed by atoms with Gasteiger partial charge in [-0.15, -0.1) is 0 Å². The minimum Gasteiger partial charge on any atom is -0.444 e. The molecule has 1 fully saturated rings. The van der Waals surface area contributed by atoms with Crippen LogP contribution < -0.4 is 10.6 Å². The Labute approximate surface area is 281 Å². The first-order valence-corrected chi connectivity index (χ1v) is 16.9. The molecule has 1 atom stereocenters. The number of hydrogen-bond donors (Lipinski definition) is 2. The van der Waals surface area contributed by atoms with E-state index < -0.39 is 23.3 Å². The molecule has 252 valence electrons. The van der Waals surface area contributed by atoms with Crippen LogP contribution in [0, 0.1) is 5.92 Å². The molecule has 9 heteroatoms. The number of carbonyl (C=O) groups excluding carboxylic acids is 2. The molecule has 2 amide bonds. The summed E-state index contributed by atoms with van der Waals surface area (Å²) < 4.78 is 11.9. The lowest BCUT2D eigenvalue weighted by Gasteiger charge is -2.38. The number of benzene rings is 1. The average Bonchev–Trinajstić information content (AvgIpc) is 3.16. The third kappa shape index (κ3) is 9.27. The highest BCUT2D eigenvalue weighted by Gasteiger charge is 2.36. The van der Waals surface area contributed by atoms with Crippen molar-refractivity contribution in [2.24, 2.45) is 10.9 Å². The Kier molecular flexibility index (Phi) is 13.1. The van der Waals surface area contributed by atoms with Crippen molar-refractivity contribution in [3.8, 4) is 0 Å². The van der Waals surface area contributed by atoms with Crippen LogP contribution in [0.1, 0.15) is 98.1 Å². The molecule has 3 rings (SSSR count). The van der Waals surface area contributed by atoms with Gasteiger partial charge in [-0.2, -0.15) is 0 Å². The predicted molar refractivity (Wildman–Crippen MR) is 190 cm³/mol. The predicted octanol–water partition coefficient (Wildman–Crippen LogP) is 8.93. The van der Waals surface area contributed by atoms with Crippen LogP contribution in [-0.2, 0) is 9.47 Å². The van der Waals surface area contributed by atoms with Crippen LogP contribution in [0.5, 0.6) is 0 Å². The molecule has 1 saturated heterocycles. The van der Waals surface area contributed by atoms with Crippen LogP contribution in [0.3, 0.4) is 0 Å². The number of amides is 2. The Morgan fingerprint density at radius 3 is 2.35 bits per heavy atom. The van der Waals surface area contributed by atoms with E-state index in [1.807, 2.05) is 56.0 Å².